The first-order valence-electron chi connectivity index (χ1n) is 11.4. The predicted molar refractivity (Wildman–Crippen MR) is 127 cm³/mol. The molecule has 3 aromatic rings. The largest absolute Gasteiger partial charge is 0.496 e. The lowest BCUT2D eigenvalue weighted by Gasteiger charge is -2.42. The minimum Gasteiger partial charge on any atom is -0.496 e. The number of benzene rings is 3. The van der Waals surface area contributed by atoms with Crippen LogP contribution in [0.2, 0.25) is 0 Å². The molecule has 0 fully saturated rings. The standard InChI is InChI=1S/C28H29NO4/c1-18(30)22-10-9-20-13-25-23-15-27(33-17-19-7-5-4-6-8-19)26(31-2)14-21(23)11-12-29(25)16-24(20)28(22)32-3/h4-10,14-15,25H,11-13,16-17H2,1-3H3. The van der Waals surface area contributed by atoms with E-state index in [2.05, 4.69) is 35.2 Å². The second kappa shape index (κ2) is 8.91. The zero-order valence-electron chi connectivity index (χ0n) is 19.4. The Balaban J connectivity index is 1.48. The van der Waals surface area contributed by atoms with Crippen molar-refractivity contribution in [3.8, 4) is 17.2 Å². The lowest BCUT2D eigenvalue weighted by atomic mass is 9.83. The van der Waals surface area contributed by atoms with E-state index in [-0.39, 0.29) is 11.8 Å². The van der Waals surface area contributed by atoms with Gasteiger partial charge in [-0.1, -0.05) is 36.4 Å². The van der Waals surface area contributed by atoms with Crippen LogP contribution < -0.4 is 14.2 Å². The Morgan fingerprint density at radius 1 is 1.00 bits per heavy atom. The minimum atomic E-state index is 0.0352. The number of carbonyl (C=O) groups is 1. The summed E-state index contributed by atoms with van der Waals surface area (Å²) in [4.78, 5) is 14.6. The van der Waals surface area contributed by atoms with E-state index in [1.165, 1.54) is 16.7 Å². The number of methoxy groups -OCH3 is 2. The Morgan fingerprint density at radius 3 is 2.55 bits per heavy atom. The van der Waals surface area contributed by atoms with Crippen molar-refractivity contribution in [1.82, 2.24) is 4.90 Å². The summed E-state index contributed by atoms with van der Waals surface area (Å²) in [5, 5.41) is 0. The van der Waals surface area contributed by atoms with Crippen LogP contribution in [-0.4, -0.2) is 31.4 Å². The van der Waals surface area contributed by atoms with Crippen LogP contribution in [0.4, 0.5) is 0 Å². The second-order valence-corrected chi connectivity index (χ2v) is 8.76. The average Bonchev–Trinajstić information content (AvgIpc) is 2.85. The molecule has 5 rings (SSSR count). The van der Waals surface area contributed by atoms with Crippen molar-refractivity contribution in [3.05, 3.63) is 88.0 Å². The molecule has 2 heterocycles. The van der Waals surface area contributed by atoms with Crippen molar-refractivity contribution in [2.75, 3.05) is 20.8 Å². The van der Waals surface area contributed by atoms with Gasteiger partial charge >= 0.3 is 0 Å². The van der Waals surface area contributed by atoms with Crippen LogP contribution in [0.15, 0.2) is 54.6 Å². The maximum atomic E-state index is 12.1. The highest BCUT2D eigenvalue weighted by molar-refractivity contribution is 5.97. The highest BCUT2D eigenvalue weighted by atomic mass is 16.5. The lowest BCUT2D eigenvalue weighted by Crippen LogP contribution is -2.39. The molecular weight excluding hydrogens is 414 g/mol. The molecule has 170 valence electrons. The van der Waals surface area contributed by atoms with Gasteiger partial charge in [-0.15, -0.1) is 0 Å². The van der Waals surface area contributed by atoms with Crippen LogP contribution in [0.25, 0.3) is 0 Å². The normalized spacial score (nSPS) is 16.9. The Kier molecular flexibility index (Phi) is 5.81. The summed E-state index contributed by atoms with van der Waals surface area (Å²) in [7, 11) is 3.35. The summed E-state index contributed by atoms with van der Waals surface area (Å²) >= 11 is 0. The van der Waals surface area contributed by atoms with Crippen molar-refractivity contribution in [2.45, 2.75) is 39.0 Å². The van der Waals surface area contributed by atoms with Gasteiger partial charge in [0, 0.05) is 24.7 Å². The molecular formula is C28H29NO4. The molecule has 0 amide bonds. The first-order valence-corrected chi connectivity index (χ1v) is 11.4. The van der Waals surface area contributed by atoms with Crippen LogP contribution in [0, 0.1) is 0 Å². The molecule has 3 aromatic carbocycles. The van der Waals surface area contributed by atoms with Crippen LogP contribution in [-0.2, 0) is 26.0 Å². The quantitative estimate of drug-likeness (QED) is 0.494. The van der Waals surface area contributed by atoms with Gasteiger partial charge in [-0.3, -0.25) is 9.69 Å². The molecule has 33 heavy (non-hydrogen) atoms. The van der Waals surface area contributed by atoms with E-state index in [0.717, 1.165) is 54.3 Å². The van der Waals surface area contributed by atoms with E-state index in [1.807, 2.05) is 24.3 Å². The first kappa shape index (κ1) is 21.5. The van der Waals surface area contributed by atoms with E-state index >= 15 is 0 Å². The molecule has 1 unspecified atom stereocenters. The molecule has 2 aliphatic heterocycles. The van der Waals surface area contributed by atoms with Gasteiger partial charge in [-0.25, -0.2) is 0 Å². The molecule has 5 heteroatoms. The summed E-state index contributed by atoms with van der Waals surface area (Å²) in [6.45, 7) is 3.82. The van der Waals surface area contributed by atoms with Crippen molar-refractivity contribution in [3.63, 3.8) is 0 Å². The van der Waals surface area contributed by atoms with Gasteiger partial charge < -0.3 is 14.2 Å². The summed E-state index contributed by atoms with van der Waals surface area (Å²) in [5.41, 5.74) is 6.78. The third-order valence-corrected chi connectivity index (χ3v) is 6.85. The highest BCUT2D eigenvalue weighted by Crippen LogP contribution is 2.44. The molecule has 5 nitrogen and oxygen atoms in total. The number of fused-ring (bicyclic) bond motifs is 4. The molecule has 0 saturated heterocycles. The third kappa shape index (κ3) is 3.98. The van der Waals surface area contributed by atoms with E-state index in [4.69, 9.17) is 14.2 Å². The Morgan fingerprint density at radius 2 is 1.82 bits per heavy atom. The van der Waals surface area contributed by atoms with Gasteiger partial charge in [0.05, 0.1) is 19.8 Å². The smallest absolute Gasteiger partial charge is 0.163 e. The lowest BCUT2D eigenvalue weighted by molar-refractivity contribution is 0.101. The Labute approximate surface area is 194 Å². The summed E-state index contributed by atoms with van der Waals surface area (Å²) in [5.74, 6) is 2.32. The van der Waals surface area contributed by atoms with E-state index in [0.29, 0.717) is 12.2 Å². The van der Waals surface area contributed by atoms with Crippen LogP contribution in [0.5, 0.6) is 17.2 Å². The fourth-order valence-corrected chi connectivity index (χ4v) is 5.15. The number of hydrogen-bond acceptors (Lipinski definition) is 5. The molecule has 0 aliphatic carbocycles. The van der Waals surface area contributed by atoms with Gasteiger partial charge in [-0.05, 0) is 60.2 Å². The monoisotopic (exact) mass is 443 g/mol. The van der Waals surface area contributed by atoms with E-state index in [1.54, 1.807) is 21.1 Å². The second-order valence-electron chi connectivity index (χ2n) is 8.76. The molecule has 0 aromatic heterocycles. The van der Waals surface area contributed by atoms with Crippen LogP contribution >= 0.6 is 0 Å². The molecule has 2 aliphatic rings. The number of nitrogens with zero attached hydrogens (tertiary/aromatic N) is 1. The summed E-state index contributed by atoms with van der Waals surface area (Å²) in [6.07, 6.45) is 1.83. The number of rotatable bonds is 6. The predicted octanol–water partition coefficient (Wildman–Crippen LogP) is 5.14. The SMILES string of the molecule is COc1cc2c(cc1OCc1ccccc1)C1Cc3ccc(C(C)=O)c(OC)c3CN1CC2. The average molecular weight is 444 g/mol. The van der Waals surface area contributed by atoms with E-state index < -0.39 is 0 Å². The number of hydrogen-bond donors (Lipinski definition) is 0. The topological polar surface area (TPSA) is 48.0 Å². The summed E-state index contributed by atoms with van der Waals surface area (Å²) < 4.78 is 17.6. The summed E-state index contributed by atoms with van der Waals surface area (Å²) in [6, 6.07) is 18.7. The maximum absolute atomic E-state index is 12.1. The van der Waals surface area contributed by atoms with E-state index in [9.17, 15) is 4.79 Å². The Bertz CT molecular complexity index is 1190. The fourth-order valence-electron chi connectivity index (χ4n) is 5.15. The fraction of sp³-hybridized carbons (Fsp3) is 0.321. The minimum absolute atomic E-state index is 0.0352. The molecule has 0 N–H and O–H groups in total. The molecule has 0 saturated carbocycles. The van der Waals surface area contributed by atoms with Crippen molar-refractivity contribution in [1.29, 1.82) is 0 Å². The van der Waals surface area contributed by atoms with Crippen LogP contribution in [0.1, 0.15) is 51.1 Å². The maximum Gasteiger partial charge on any atom is 0.163 e. The first-order chi connectivity index (χ1) is 16.1. The zero-order chi connectivity index (χ0) is 22.9. The van der Waals surface area contributed by atoms with Crippen molar-refractivity contribution >= 4 is 5.78 Å². The molecule has 0 radical (unpaired) electrons. The number of ketones is 1. The number of ether oxygens (including phenoxy) is 3. The van der Waals surface area contributed by atoms with Crippen molar-refractivity contribution in [2.24, 2.45) is 0 Å². The molecule has 1 atom stereocenters. The Hall–Kier alpha value is -3.31. The highest BCUT2D eigenvalue weighted by Gasteiger charge is 2.35. The third-order valence-electron chi connectivity index (χ3n) is 6.85. The van der Waals surface area contributed by atoms with Gasteiger partial charge in [0.15, 0.2) is 17.3 Å². The van der Waals surface area contributed by atoms with Crippen LogP contribution in [0.3, 0.4) is 0 Å². The van der Waals surface area contributed by atoms with Gasteiger partial charge in [0.2, 0.25) is 0 Å². The number of carbonyl (C=O) groups excluding carboxylic acids is 1. The zero-order valence-corrected chi connectivity index (χ0v) is 19.4. The number of Topliss-reactive ketones (excluding diaryl/α,β-unsaturated/α-hetero) is 1. The van der Waals surface area contributed by atoms with Gasteiger partial charge in [0.1, 0.15) is 12.4 Å². The molecule has 0 bridgehead atoms. The van der Waals surface area contributed by atoms with Gasteiger partial charge in [-0.2, -0.15) is 0 Å². The van der Waals surface area contributed by atoms with Gasteiger partial charge in [0.25, 0.3) is 0 Å². The molecule has 0 spiro atoms. The van der Waals surface area contributed by atoms with Crippen molar-refractivity contribution < 1.29 is 19.0 Å².